The van der Waals surface area contributed by atoms with Gasteiger partial charge in [0.25, 0.3) is 0 Å². The highest BCUT2D eigenvalue weighted by Gasteiger charge is 2.21. The van der Waals surface area contributed by atoms with E-state index in [1.165, 1.54) is 12.1 Å². The Morgan fingerprint density at radius 1 is 0.862 bits per heavy atom. The molecule has 2 heterocycles. The van der Waals surface area contributed by atoms with Gasteiger partial charge in [-0.15, -0.1) is 0 Å². The van der Waals surface area contributed by atoms with Crippen LogP contribution in [-0.2, 0) is 6.54 Å². The maximum atomic E-state index is 14.0. The Morgan fingerprint density at radius 3 is 2.24 bits per heavy atom. The van der Waals surface area contributed by atoms with Crippen molar-refractivity contribution in [3.8, 4) is 0 Å². The van der Waals surface area contributed by atoms with Crippen LogP contribution in [0.25, 0.3) is 0 Å². The molecule has 5 nitrogen and oxygen atoms in total. The molecule has 3 aromatic rings. The van der Waals surface area contributed by atoms with Gasteiger partial charge in [-0.05, 0) is 25.1 Å². The van der Waals surface area contributed by atoms with Crippen molar-refractivity contribution >= 4 is 17.3 Å². The summed E-state index contributed by atoms with van der Waals surface area (Å²) in [5.74, 6) is 1.69. The highest BCUT2D eigenvalue weighted by molar-refractivity contribution is 5.53. The Balaban J connectivity index is 1.43. The Labute approximate surface area is 169 Å². The third-order valence-electron chi connectivity index (χ3n) is 5.04. The molecule has 0 bridgehead atoms. The number of para-hydroxylation sites is 1. The first-order valence-electron chi connectivity index (χ1n) is 9.67. The summed E-state index contributed by atoms with van der Waals surface area (Å²) in [5.41, 5.74) is 1.22. The van der Waals surface area contributed by atoms with Crippen LogP contribution >= 0.6 is 0 Å². The van der Waals surface area contributed by atoms with Gasteiger partial charge in [-0.2, -0.15) is 0 Å². The minimum Gasteiger partial charge on any atom is -0.366 e. The number of benzene rings is 2. The molecule has 1 N–H and O–H groups in total. The fraction of sp³-hybridized carbons (Fsp3) is 0.273. The lowest BCUT2D eigenvalue weighted by Crippen LogP contribution is -2.47. The van der Waals surface area contributed by atoms with Crippen LogP contribution in [0.2, 0.25) is 0 Å². The second-order valence-corrected chi connectivity index (χ2v) is 7.03. The third kappa shape index (κ3) is 4.45. The molecule has 1 aromatic heterocycles. The first-order valence-corrected chi connectivity index (χ1v) is 9.67. The van der Waals surface area contributed by atoms with Crippen LogP contribution in [0.5, 0.6) is 0 Å². The predicted octanol–water partition coefficient (Wildman–Crippen LogP) is 4.00. The van der Waals surface area contributed by atoms with E-state index in [4.69, 9.17) is 0 Å². The first-order chi connectivity index (χ1) is 14.1. The lowest BCUT2D eigenvalue weighted by atomic mass is 10.2. The molecule has 1 fully saturated rings. The highest BCUT2D eigenvalue weighted by Crippen LogP contribution is 2.23. The van der Waals surface area contributed by atoms with Crippen LogP contribution in [0.15, 0.2) is 54.6 Å². The van der Waals surface area contributed by atoms with Crippen LogP contribution in [0.3, 0.4) is 0 Å². The van der Waals surface area contributed by atoms with Gasteiger partial charge in [0, 0.05) is 44.4 Å². The number of piperazine rings is 1. The van der Waals surface area contributed by atoms with Crippen LogP contribution in [0, 0.1) is 18.6 Å². The quantitative estimate of drug-likeness (QED) is 0.707. The van der Waals surface area contributed by atoms with E-state index in [1.807, 2.05) is 31.2 Å². The molecule has 150 valence electrons. The summed E-state index contributed by atoms with van der Waals surface area (Å²) in [5, 5.41) is 3.19. The third-order valence-corrected chi connectivity index (χ3v) is 5.04. The highest BCUT2D eigenvalue weighted by atomic mass is 19.1. The van der Waals surface area contributed by atoms with Crippen molar-refractivity contribution in [2.45, 2.75) is 13.5 Å². The molecule has 0 atom stereocenters. The van der Waals surface area contributed by atoms with Crippen molar-refractivity contribution in [2.24, 2.45) is 0 Å². The lowest BCUT2D eigenvalue weighted by Gasteiger charge is -2.37. The molecule has 0 amide bonds. The van der Waals surface area contributed by atoms with Gasteiger partial charge >= 0.3 is 0 Å². The van der Waals surface area contributed by atoms with Gasteiger partial charge in [-0.25, -0.2) is 18.7 Å². The van der Waals surface area contributed by atoms with Crippen molar-refractivity contribution in [1.82, 2.24) is 9.97 Å². The van der Waals surface area contributed by atoms with Gasteiger partial charge in [0.2, 0.25) is 0 Å². The predicted molar refractivity (Wildman–Crippen MR) is 111 cm³/mol. The molecule has 0 spiro atoms. The summed E-state index contributed by atoms with van der Waals surface area (Å²) in [6.07, 6.45) is 0. The number of hydrogen-bond donors (Lipinski definition) is 1. The van der Waals surface area contributed by atoms with Crippen molar-refractivity contribution < 1.29 is 8.78 Å². The number of nitrogens with zero attached hydrogens (tertiary/aromatic N) is 4. The number of nitrogens with one attached hydrogen (secondary N) is 1. The zero-order valence-corrected chi connectivity index (χ0v) is 16.3. The van der Waals surface area contributed by atoms with E-state index in [-0.39, 0.29) is 11.6 Å². The van der Waals surface area contributed by atoms with E-state index in [2.05, 4.69) is 25.1 Å². The van der Waals surface area contributed by atoms with Gasteiger partial charge in [-0.1, -0.05) is 30.3 Å². The van der Waals surface area contributed by atoms with Gasteiger partial charge in [0.05, 0.1) is 5.69 Å². The van der Waals surface area contributed by atoms with Crippen LogP contribution in [0.4, 0.5) is 26.1 Å². The van der Waals surface area contributed by atoms with Crippen LogP contribution < -0.4 is 15.1 Å². The van der Waals surface area contributed by atoms with Gasteiger partial charge in [0.15, 0.2) is 0 Å². The number of rotatable bonds is 5. The SMILES string of the molecule is Cc1nc(NCc2ccccc2F)cc(N2CCN(c3ccccc3F)CC2)n1. The summed E-state index contributed by atoms with van der Waals surface area (Å²) in [6, 6.07) is 15.4. The molecule has 7 heteroatoms. The number of aryl methyl sites for hydroxylation is 1. The van der Waals surface area contributed by atoms with E-state index < -0.39 is 0 Å². The van der Waals surface area contributed by atoms with Gasteiger partial charge in [-0.3, -0.25) is 0 Å². The van der Waals surface area contributed by atoms with E-state index >= 15 is 0 Å². The topological polar surface area (TPSA) is 44.3 Å². The second-order valence-electron chi connectivity index (χ2n) is 7.03. The minimum absolute atomic E-state index is 0.196. The molecule has 0 unspecified atom stereocenters. The molecule has 1 aliphatic rings. The number of halogens is 2. The van der Waals surface area contributed by atoms with Crippen LogP contribution in [0.1, 0.15) is 11.4 Å². The van der Waals surface area contributed by atoms with Crippen molar-refractivity contribution in [3.63, 3.8) is 0 Å². The second kappa shape index (κ2) is 8.43. The molecule has 0 saturated carbocycles. The largest absolute Gasteiger partial charge is 0.366 e. The lowest BCUT2D eigenvalue weighted by molar-refractivity contribution is 0.596. The number of anilines is 3. The van der Waals surface area contributed by atoms with Crippen molar-refractivity contribution in [3.05, 3.63) is 77.6 Å². The molecule has 2 aromatic carbocycles. The standard InChI is InChI=1S/C22H23F2N5/c1-16-26-21(25-15-17-6-2-3-7-18(17)23)14-22(27-16)29-12-10-28(11-13-29)20-9-5-4-8-19(20)24/h2-9,14H,10-13,15H2,1H3,(H,25,26,27). The molecule has 0 radical (unpaired) electrons. The zero-order chi connectivity index (χ0) is 20.2. The maximum absolute atomic E-state index is 14.0. The van der Waals surface area contributed by atoms with Crippen molar-refractivity contribution in [2.75, 3.05) is 41.3 Å². The Morgan fingerprint density at radius 2 is 1.52 bits per heavy atom. The molecule has 1 aliphatic heterocycles. The van der Waals surface area contributed by atoms with E-state index in [0.717, 1.165) is 18.9 Å². The fourth-order valence-electron chi connectivity index (χ4n) is 3.52. The molecular formula is C22H23F2N5. The Hall–Kier alpha value is -3.22. The molecule has 4 rings (SSSR count). The molecule has 29 heavy (non-hydrogen) atoms. The molecule has 0 aliphatic carbocycles. The fourth-order valence-corrected chi connectivity index (χ4v) is 3.52. The van der Waals surface area contributed by atoms with E-state index in [1.54, 1.807) is 18.2 Å². The summed E-state index contributed by atoms with van der Waals surface area (Å²) in [6.45, 7) is 5.08. The zero-order valence-electron chi connectivity index (χ0n) is 16.3. The first kappa shape index (κ1) is 19.1. The van der Waals surface area contributed by atoms with Crippen LogP contribution in [-0.4, -0.2) is 36.1 Å². The number of hydrogen-bond acceptors (Lipinski definition) is 5. The average Bonchev–Trinajstić information content (AvgIpc) is 2.73. The smallest absolute Gasteiger partial charge is 0.146 e. The Kier molecular flexibility index (Phi) is 5.55. The van der Waals surface area contributed by atoms with E-state index in [0.29, 0.717) is 42.5 Å². The molecular weight excluding hydrogens is 372 g/mol. The van der Waals surface area contributed by atoms with Gasteiger partial charge < -0.3 is 15.1 Å². The average molecular weight is 395 g/mol. The monoisotopic (exact) mass is 395 g/mol. The maximum Gasteiger partial charge on any atom is 0.146 e. The van der Waals surface area contributed by atoms with Gasteiger partial charge in [0.1, 0.15) is 29.1 Å². The Bertz CT molecular complexity index is 986. The van der Waals surface area contributed by atoms with E-state index in [9.17, 15) is 8.78 Å². The minimum atomic E-state index is -0.240. The molecule has 1 saturated heterocycles. The number of aromatic nitrogens is 2. The van der Waals surface area contributed by atoms with Crippen molar-refractivity contribution in [1.29, 1.82) is 0 Å². The normalized spacial score (nSPS) is 14.2. The summed E-state index contributed by atoms with van der Waals surface area (Å²) >= 11 is 0. The summed E-state index contributed by atoms with van der Waals surface area (Å²) < 4.78 is 27.9. The summed E-state index contributed by atoms with van der Waals surface area (Å²) in [4.78, 5) is 13.2. The summed E-state index contributed by atoms with van der Waals surface area (Å²) in [7, 11) is 0.